The molecule has 1 fully saturated rings. The van der Waals surface area contributed by atoms with Gasteiger partial charge < -0.3 is 24.1 Å². The summed E-state index contributed by atoms with van der Waals surface area (Å²) in [5.41, 5.74) is -0.134. The number of aliphatic carboxylic acids is 1. The van der Waals surface area contributed by atoms with Crippen LogP contribution in [0.25, 0.3) is 22.1 Å². The standard InChI is InChI=1S/C26H30F2N4O6/c1-25(2,3)38-22(35)16-10-7-14-32(16)21-20-19(15-9-5-6-11-17(15)37-20)29-23(30-21)26(27,28)24(36)31(4)13-8-12-18(33)34/h5-6,9,11,16H,7-8,10,12-14H2,1-4H3,(H,33,34)/t16-/m0/s1. The van der Waals surface area contributed by atoms with Crippen molar-refractivity contribution in [2.45, 2.75) is 64.0 Å². The Hall–Kier alpha value is -3.83. The van der Waals surface area contributed by atoms with Gasteiger partial charge >= 0.3 is 23.8 Å². The highest BCUT2D eigenvalue weighted by Crippen LogP contribution is 2.39. The van der Waals surface area contributed by atoms with Crippen LogP contribution in [0.1, 0.15) is 52.3 Å². The number of furan rings is 1. The minimum absolute atomic E-state index is 0.0104. The van der Waals surface area contributed by atoms with E-state index in [0.717, 1.165) is 4.90 Å². The van der Waals surface area contributed by atoms with Crippen molar-refractivity contribution >= 4 is 45.7 Å². The lowest BCUT2D eigenvalue weighted by molar-refractivity contribution is -0.159. The zero-order valence-corrected chi connectivity index (χ0v) is 21.7. The van der Waals surface area contributed by atoms with Gasteiger partial charge in [0.15, 0.2) is 11.4 Å². The van der Waals surface area contributed by atoms with Crippen molar-refractivity contribution in [2.24, 2.45) is 0 Å². The van der Waals surface area contributed by atoms with Crippen LogP contribution in [-0.2, 0) is 25.0 Å². The smallest absolute Gasteiger partial charge is 0.383 e. The summed E-state index contributed by atoms with van der Waals surface area (Å²) in [7, 11) is 1.17. The van der Waals surface area contributed by atoms with Crippen molar-refractivity contribution in [1.82, 2.24) is 14.9 Å². The molecule has 38 heavy (non-hydrogen) atoms. The third-order valence-corrected chi connectivity index (χ3v) is 6.19. The maximum absolute atomic E-state index is 15.6. The molecule has 4 rings (SSSR count). The van der Waals surface area contributed by atoms with Crippen molar-refractivity contribution in [3.63, 3.8) is 0 Å². The number of carbonyl (C=O) groups excluding carboxylic acids is 2. The number of rotatable bonds is 8. The van der Waals surface area contributed by atoms with E-state index in [0.29, 0.717) is 30.4 Å². The summed E-state index contributed by atoms with van der Waals surface area (Å²) < 4.78 is 42.7. The number of amides is 1. The molecule has 0 unspecified atom stereocenters. The third kappa shape index (κ3) is 5.39. The van der Waals surface area contributed by atoms with Gasteiger partial charge in [-0.05, 0) is 52.2 Å². The van der Waals surface area contributed by atoms with Gasteiger partial charge in [0.1, 0.15) is 22.7 Å². The molecule has 0 bridgehead atoms. The number of anilines is 1. The lowest BCUT2D eigenvalue weighted by Crippen LogP contribution is -2.43. The molecule has 0 saturated carbocycles. The number of para-hydroxylation sites is 1. The number of esters is 1. The molecule has 1 saturated heterocycles. The second kappa shape index (κ2) is 10.1. The third-order valence-electron chi connectivity index (χ3n) is 6.19. The fourth-order valence-electron chi connectivity index (χ4n) is 4.45. The maximum atomic E-state index is 15.6. The summed E-state index contributed by atoms with van der Waals surface area (Å²) in [6.45, 7) is 5.37. The summed E-state index contributed by atoms with van der Waals surface area (Å²) >= 11 is 0. The Morgan fingerprint density at radius 3 is 2.61 bits per heavy atom. The predicted molar refractivity (Wildman–Crippen MR) is 134 cm³/mol. The number of carboxylic acids is 1. The van der Waals surface area contributed by atoms with E-state index in [9.17, 15) is 14.4 Å². The van der Waals surface area contributed by atoms with Gasteiger partial charge in [-0.15, -0.1) is 0 Å². The molecule has 3 heterocycles. The number of likely N-dealkylation sites (N-methyl/N-ethyl adjacent to an activating group) is 1. The van der Waals surface area contributed by atoms with Crippen molar-refractivity contribution < 1.29 is 37.4 Å². The number of aromatic nitrogens is 2. The van der Waals surface area contributed by atoms with Crippen LogP contribution in [0.3, 0.4) is 0 Å². The largest absolute Gasteiger partial charge is 0.481 e. The summed E-state index contributed by atoms with van der Waals surface area (Å²) in [5.74, 6) is -8.34. The van der Waals surface area contributed by atoms with Crippen LogP contribution in [0.2, 0.25) is 0 Å². The number of fused-ring (bicyclic) bond motifs is 3. The SMILES string of the molecule is CN(CCCC(=O)O)C(=O)C(F)(F)c1nc(N2CCC[C@H]2C(=O)OC(C)(C)C)c2oc3ccccc3c2n1. The van der Waals surface area contributed by atoms with Gasteiger partial charge in [0.05, 0.1) is 0 Å². The molecule has 3 aromatic rings. The number of nitrogens with zero attached hydrogens (tertiary/aromatic N) is 4. The van der Waals surface area contributed by atoms with E-state index in [2.05, 4.69) is 9.97 Å². The number of carboxylic acid groups (broad SMARTS) is 1. The van der Waals surface area contributed by atoms with E-state index in [4.69, 9.17) is 14.3 Å². The molecule has 1 amide bonds. The van der Waals surface area contributed by atoms with Gasteiger partial charge in [0.2, 0.25) is 5.82 Å². The lowest BCUT2D eigenvalue weighted by atomic mass is 10.1. The van der Waals surface area contributed by atoms with Crippen LogP contribution in [0.4, 0.5) is 14.6 Å². The van der Waals surface area contributed by atoms with E-state index >= 15 is 8.78 Å². The van der Waals surface area contributed by atoms with Crippen LogP contribution in [0, 0.1) is 0 Å². The average Bonchev–Trinajstić information content (AvgIpc) is 3.46. The number of benzene rings is 1. The molecule has 12 heteroatoms. The first-order valence-corrected chi connectivity index (χ1v) is 12.3. The Labute approximate surface area is 217 Å². The average molecular weight is 533 g/mol. The van der Waals surface area contributed by atoms with Crippen LogP contribution in [0.15, 0.2) is 28.7 Å². The number of ether oxygens (including phenoxy) is 1. The molecule has 2 aromatic heterocycles. The molecule has 10 nitrogen and oxygen atoms in total. The molecule has 0 spiro atoms. The molecule has 1 N–H and O–H groups in total. The number of carbonyl (C=O) groups is 3. The van der Waals surface area contributed by atoms with Gasteiger partial charge in [-0.2, -0.15) is 8.78 Å². The Kier molecular flexibility index (Phi) is 7.26. The van der Waals surface area contributed by atoms with Crippen LogP contribution < -0.4 is 4.90 Å². The number of hydrogen-bond acceptors (Lipinski definition) is 8. The quantitative estimate of drug-likeness (QED) is 0.427. The Morgan fingerprint density at radius 1 is 1.21 bits per heavy atom. The molecule has 1 atom stereocenters. The van der Waals surface area contributed by atoms with Crippen molar-refractivity contribution in [3.8, 4) is 0 Å². The van der Waals surface area contributed by atoms with Gasteiger partial charge in [0.25, 0.3) is 0 Å². The summed E-state index contributed by atoms with van der Waals surface area (Å²) in [6, 6.07) is 5.97. The summed E-state index contributed by atoms with van der Waals surface area (Å²) in [4.78, 5) is 47.1. The number of halogens is 2. The Balaban J connectivity index is 1.79. The highest BCUT2D eigenvalue weighted by molar-refractivity contribution is 6.06. The Morgan fingerprint density at radius 2 is 1.92 bits per heavy atom. The van der Waals surface area contributed by atoms with Crippen LogP contribution >= 0.6 is 0 Å². The zero-order valence-electron chi connectivity index (χ0n) is 21.7. The van der Waals surface area contributed by atoms with Crippen LogP contribution in [-0.4, -0.2) is 69.6 Å². The first kappa shape index (κ1) is 27.2. The topological polar surface area (TPSA) is 126 Å². The molecule has 0 radical (unpaired) electrons. The highest BCUT2D eigenvalue weighted by Gasteiger charge is 2.48. The normalized spacial score (nSPS) is 16.3. The number of alkyl halides is 2. The highest BCUT2D eigenvalue weighted by atomic mass is 19.3. The Bertz CT molecular complexity index is 1380. The molecular formula is C26H30F2N4O6. The van der Waals surface area contributed by atoms with Crippen molar-refractivity contribution in [1.29, 1.82) is 0 Å². The number of hydrogen-bond donors (Lipinski definition) is 1. The summed E-state index contributed by atoms with van der Waals surface area (Å²) in [6.07, 6.45) is 0.762. The van der Waals surface area contributed by atoms with E-state index in [1.165, 1.54) is 7.05 Å². The first-order chi connectivity index (χ1) is 17.8. The molecule has 1 aromatic carbocycles. The second-order valence-electron chi connectivity index (χ2n) is 10.3. The molecule has 0 aliphatic carbocycles. The minimum Gasteiger partial charge on any atom is -0.481 e. The minimum atomic E-state index is -4.12. The molecule has 204 valence electrons. The van der Waals surface area contributed by atoms with E-state index in [-0.39, 0.29) is 36.3 Å². The van der Waals surface area contributed by atoms with Gasteiger partial charge in [0, 0.05) is 31.9 Å². The van der Waals surface area contributed by atoms with Crippen molar-refractivity contribution in [2.75, 3.05) is 25.0 Å². The molecule has 1 aliphatic rings. The fraction of sp³-hybridized carbons (Fsp3) is 0.500. The zero-order chi connectivity index (χ0) is 27.8. The fourth-order valence-corrected chi connectivity index (χ4v) is 4.45. The molecule has 1 aliphatic heterocycles. The van der Waals surface area contributed by atoms with Gasteiger partial charge in [-0.1, -0.05) is 12.1 Å². The van der Waals surface area contributed by atoms with Gasteiger partial charge in [-0.25, -0.2) is 14.8 Å². The second-order valence-corrected chi connectivity index (χ2v) is 10.3. The van der Waals surface area contributed by atoms with E-state index in [1.54, 1.807) is 49.9 Å². The maximum Gasteiger partial charge on any atom is 0.383 e. The summed E-state index contributed by atoms with van der Waals surface area (Å²) in [5, 5.41) is 9.27. The monoisotopic (exact) mass is 532 g/mol. The van der Waals surface area contributed by atoms with Gasteiger partial charge in [-0.3, -0.25) is 9.59 Å². The van der Waals surface area contributed by atoms with Crippen LogP contribution in [0.5, 0.6) is 0 Å². The predicted octanol–water partition coefficient (Wildman–Crippen LogP) is 4.10. The first-order valence-electron chi connectivity index (χ1n) is 12.3. The van der Waals surface area contributed by atoms with E-state index < -0.39 is 41.2 Å². The lowest BCUT2D eigenvalue weighted by Gasteiger charge is -2.28. The van der Waals surface area contributed by atoms with Crippen molar-refractivity contribution in [3.05, 3.63) is 30.1 Å². The van der Waals surface area contributed by atoms with E-state index in [1.807, 2.05) is 0 Å². The molecular weight excluding hydrogens is 502 g/mol.